The number of carboxylic acids is 1. The van der Waals surface area contributed by atoms with Crippen LogP contribution in [0.2, 0.25) is 0 Å². The third-order valence-corrected chi connectivity index (χ3v) is 4.13. The number of hydrogen-bond donors (Lipinski definition) is 1. The second-order valence-corrected chi connectivity index (χ2v) is 6.87. The molecule has 37 heavy (non-hydrogen) atoms. The van der Waals surface area contributed by atoms with Crippen molar-refractivity contribution in [2.45, 2.75) is 25.2 Å². The number of carboxylic acid groups (broad SMARTS) is 1. The van der Waals surface area contributed by atoms with Crippen LogP contribution < -0.4 is 18.9 Å². The maximum atomic E-state index is 13.5. The van der Waals surface area contributed by atoms with Crippen molar-refractivity contribution in [1.29, 1.82) is 0 Å². The lowest BCUT2D eigenvalue weighted by Crippen LogP contribution is -2.14. The topological polar surface area (TPSA) is 91.3 Å². The minimum Gasteiger partial charge on any atom is -0.493 e. The molecule has 1 N–H and O–H groups in total. The highest BCUT2D eigenvalue weighted by Gasteiger charge is 2.28. The lowest BCUT2D eigenvalue weighted by atomic mass is 10.2. The molecule has 206 valence electrons. The maximum absolute atomic E-state index is 13.5. The molecule has 0 aliphatic carbocycles. The Kier molecular flexibility index (Phi) is 11.4. The Morgan fingerprint density at radius 3 is 1.62 bits per heavy atom. The van der Waals surface area contributed by atoms with E-state index in [1.165, 1.54) is 13.2 Å². The number of ether oxygens (including phenoxy) is 4. The molecule has 0 spiro atoms. The first kappa shape index (κ1) is 31.3. The van der Waals surface area contributed by atoms with Gasteiger partial charge in [-0.05, 0) is 24.3 Å². The normalized spacial score (nSPS) is 11.2. The fraction of sp³-hybridized carbons (Fsp3) is 0.364. The van der Waals surface area contributed by atoms with Crippen LogP contribution in [0.25, 0.3) is 0 Å². The minimum atomic E-state index is -4.43. The molecule has 0 atom stereocenters. The molecule has 0 heterocycles. The average molecular weight is 548 g/mol. The Labute approximate surface area is 204 Å². The third-order valence-electron chi connectivity index (χ3n) is 4.13. The Morgan fingerprint density at radius 1 is 0.811 bits per heavy atom. The van der Waals surface area contributed by atoms with E-state index < -0.39 is 73.1 Å². The van der Waals surface area contributed by atoms with E-state index in [0.29, 0.717) is 12.4 Å². The third kappa shape index (κ3) is 10.8. The molecule has 0 saturated heterocycles. The summed E-state index contributed by atoms with van der Waals surface area (Å²) in [5.41, 5.74) is -0.384. The van der Waals surface area contributed by atoms with E-state index in [2.05, 4.69) is 4.74 Å². The molecule has 2 rings (SSSR count). The predicted molar refractivity (Wildman–Crippen MR) is 111 cm³/mol. The lowest BCUT2D eigenvalue weighted by Gasteiger charge is -2.13. The van der Waals surface area contributed by atoms with Gasteiger partial charge in [-0.1, -0.05) is 0 Å². The van der Waals surface area contributed by atoms with Gasteiger partial charge in [-0.3, -0.25) is 4.79 Å². The number of methoxy groups -OCH3 is 2. The first-order valence-corrected chi connectivity index (χ1v) is 9.94. The van der Waals surface area contributed by atoms with Crippen LogP contribution in [0.15, 0.2) is 24.3 Å². The molecule has 15 heteroatoms. The van der Waals surface area contributed by atoms with E-state index in [1.807, 2.05) is 0 Å². The Bertz CT molecular complexity index is 1070. The number of alkyl halides is 6. The molecule has 0 bridgehead atoms. The van der Waals surface area contributed by atoms with Gasteiger partial charge in [0.2, 0.25) is 0 Å². The summed E-state index contributed by atoms with van der Waals surface area (Å²) in [4.78, 5) is 21.1. The molecule has 2 aromatic rings. The van der Waals surface area contributed by atoms with E-state index in [9.17, 15) is 44.7 Å². The molecule has 0 fully saturated rings. The maximum Gasteiger partial charge on any atom is 0.392 e. The van der Waals surface area contributed by atoms with Gasteiger partial charge >= 0.3 is 18.3 Å². The van der Waals surface area contributed by atoms with Gasteiger partial charge in [-0.15, -0.1) is 0 Å². The standard InChI is InChI=1S/C11H10F4O4.C11H10F4O3/c1-18-8-5-6(10(16)17)4-7(12)9(8)19-3-2-11(13,14)15;1-17-9-5-7(6-16)4-8(12)10(9)18-3-2-11(13,14)15/h4-5H,2-3H2,1H3,(H,16,17);4-6H,2-3H2,1H3. The Morgan fingerprint density at radius 2 is 1.24 bits per heavy atom. The summed E-state index contributed by atoms with van der Waals surface area (Å²) >= 11 is 0. The number of carbonyl (C=O) groups is 2. The number of aldehydes is 1. The number of halogens is 8. The van der Waals surface area contributed by atoms with E-state index in [4.69, 9.17) is 19.3 Å². The fourth-order valence-corrected chi connectivity index (χ4v) is 2.47. The molecule has 0 aliphatic heterocycles. The zero-order chi connectivity index (χ0) is 28.4. The summed E-state index contributed by atoms with van der Waals surface area (Å²) in [7, 11) is 2.32. The van der Waals surface area contributed by atoms with Crippen LogP contribution in [-0.2, 0) is 0 Å². The first-order valence-electron chi connectivity index (χ1n) is 9.94. The number of rotatable bonds is 10. The molecule has 0 aromatic heterocycles. The highest BCUT2D eigenvalue weighted by molar-refractivity contribution is 5.88. The monoisotopic (exact) mass is 548 g/mol. The van der Waals surface area contributed by atoms with Crippen molar-refractivity contribution < 1.29 is 68.8 Å². The number of hydrogen-bond acceptors (Lipinski definition) is 6. The average Bonchev–Trinajstić information content (AvgIpc) is 2.79. The SMILES string of the molecule is COc1cc(C(=O)O)cc(F)c1OCCC(F)(F)F.COc1cc(C=O)cc(F)c1OCCC(F)(F)F. The largest absolute Gasteiger partial charge is 0.493 e. The molecule has 0 unspecified atom stereocenters. The number of carbonyl (C=O) groups excluding carboxylic acids is 1. The highest BCUT2D eigenvalue weighted by atomic mass is 19.4. The van der Waals surface area contributed by atoms with Crippen LogP contribution in [-0.4, -0.2) is 57.1 Å². The molecular formula is C22H20F8O7. The molecule has 0 amide bonds. The van der Waals surface area contributed by atoms with Crippen molar-refractivity contribution >= 4 is 12.3 Å². The summed E-state index contributed by atoms with van der Waals surface area (Å²) in [6, 6.07) is 3.65. The molecule has 0 aliphatic rings. The Balaban J connectivity index is 0.000000371. The molecule has 7 nitrogen and oxygen atoms in total. The Hall–Kier alpha value is -3.78. The second kappa shape index (κ2) is 13.5. The molecule has 2 aromatic carbocycles. The zero-order valence-corrected chi connectivity index (χ0v) is 19.1. The van der Waals surface area contributed by atoms with Gasteiger partial charge in [-0.25, -0.2) is 13.6 Å². The van der Waals surface area contributed by atoms with E-state index in [1.54, 1.807) is 0 Å². The van der Waals surface area contributed by atoms with Crippen LogP contribution >= 0.6 is 0 Å². The van der Waals surface area contributed by atoms with E-state index in [0.717, 1.165) is 19.2 Å². The molecular weight excluding hydrogens is 528 g/mol. The minimum absolute atomic E-state index is 0.00696. The van der Waals surface area contributed by atoms with Gasteiger partial charge in [0.15, 0.2) is 34.6 Å². The van der Waals surface area contributed by atoms with Gasteiger partial charge in [0.25, 0.3) is 0 Å². The number of aromatic carboxylic acids is 1. The predicted octanol–water partition coefficient (Wildman–Crippen LogP) is 5.84. The lowest BCUT2D eigenvalue weighted by molar-refractivity contribution is -0.140. The van der Waals surface area contributed by atoms with Crippen LogP contribution in [0.5, 0.6) is 23.0 Å². The molecule has 0 radical (unpaired) electrons. The van der Waals surface area contributed by atoms with E-state index in [-0.39, 0.29) is 17.1 Å². The highest BCUT2D eigenvalue weighted by Crippen LogP contribution is 2.33. The van der Waals surface area contributed by atoms with Crippen molar-refractivity contribution in [2.75, 3.05) is 27.4 Å². The summed E-state index contributed by atoms with van der Waals surface area (Å²) in [5.74, 6) is -4.82. The smallest absolute Gasteiger partial charge is 0.392 e. The van der Waals surface area contributed by atoms with Crippen molar-refractivity contribution in [3.63, 3.8) is 0 Å². The molecule has 0 saturated carbocycles. The van der Waals surface area contributed by atoms with Gasteiger partial charge in [-0.2, -0.15) is 26.3 Å². The van der Waals surface area contributed by atoms with Crippen molar-refractivity contribution in [2.24, 2.45) is 0 Å². The van der Waals surface area contributed by atoms with Crippen LogP contribution in [0, 0.1) is 11.6 Å². The van der Waals surface area contributed by atoms with Crippen molar-refractivity contribution in [3.05, 3.63) is 47.0 Å². The van der Waals surface area contributed by atoms with Gasteiger partial charge in [0.05, 0.1) is 45.8 Å². The van der Waals surface area contributed by atoms with Crippen molar-refractivity contribution in [1.82, 2.24) is 0 Å². The van der Waals surface area contributed by atoms with Gasteiger partial charge in [0.1, 0.15) is 6.29 Å². The summed E-state index contributed by atoms with van der Waals surface area (Å²) in [5, 5.41) is 8.69. The quantitative estimate of drug-likeness (QED) is 0.295. The zero-order valence-electron chi connectivity index (χ0n) is 19.1. The van der Waals surface area contributed by atoms with Gasteiger partial charge in [0, 0.05) is 5.56 Å². The first-order chi connectivity index (χ1) is 17.1. The summed E-state index contributed by atoms with van der Waals surface area (Å²) in [6.07, 6.45) is -10.9. The fourth-order valence-electron chi connectivity index (χ4n) is 2.47. The van der Waals surface area contributed by atoms with Gasteiger partial charge < -0.3 is 24.1 Å². The van der Waals surface area contributed by atoms with Crippen molar-refractivity contribution in [3.8, 4) is 23.0 Å². The van der Waals surface area contributed by atoms with Crippen LogP contribution in [0.3, 0.4) is 0 Å². The van der Waals surface area contributed by atoms with Crippen LogP contribution in [0.4, 0.5) is 35.1 Å². The second-order valence-electron chi connectivity index (χ2n) is 6.87. The number of benzene rings is 2. The summed E-state index contributed by atoms with van der Waals surface area (Å²) in [6.45, 7) is -1.51. The van der Waals surface area contributed by atoms with Crippen LogP contribution in [0.1, 0.15) is 33.6 Å². The summed E-state index contributed by atoms with van der Waals surface area (Å²) < 4.78 is 117. The van der Waals surface area contributed by atoms with E-state index >= 15 is 0 Å².